The fourth-order valence-corrected chi connectivity index (χ4v) is 3.88. The summed E-state index contributed by atoms with van der Waals surface area (Å²) >= 11 is 12.4. The van der Waals surface area contributed by atoms with Crippen LogP contribution < -0.4 is 25.4 Å². The molecule has 0 unspecified atom stereocenters. The van der Waals surface area contributed by atoms with Gasteiger partial charge in [0.25, 0.3) is 0 Å². The largest absolute Gasteiger partial charge is 0.493 e. The molecule has 0 aliphatic carbocycles. The van der Waals surface area contributed by atoms with Gasteiger partial charge >= 0.3 is 0 Å². The molecule has 0 radical (unpaired) electrons. The summed E-state index contributed by atoms with van der Waals surface area (Å²) in [6.07, 6.45) is 0. The zero-order valence-electron chi connectivity index (χ0n) is 17.3. The number of anilines is 1. The Labute approximate surface area is 194 Å². The van der Waals surface area contributed by atoms with Gasteiger partial charge in [-0.3, -0.25) is 4.79 Å². The molecule has 1 aromatic heterocycles. The first-order valence-corrected chi connectivity index (χ1v) is 10.3. The van der Waals surface area contributed by atoms with E-state index in [1.165, 1.54) is 14.2 Å². The number of fused-ring (bicyclic) bond motifs is 1. The Morgan fingerprint density at radius 3 is 2.34 bits per heavy atom. The van der Waals surface area contributed by atoms with Crippen molar-refractivity contribution in [3.05, 3.63) is 80.4 Å². The van der Waals surface area contributed by atoms with Crippen LogP contribution in [0.3, 0.4) is 0 Å². The average molecular weight is 472 g/mol. The van der Waals surface area contributed by atoms with Crippen LogP contribution in [0.1, 0.15) is 5.56 Å². The first kappa shape index (κ1) is 21.9. The highest BCUT2D eigenvalue weighted by molar-refractivity contribution is 6.35. The van der Waals surface area contributed by atoms with Crippen molar-refractivity contribution < 1.29 is 18.6 Å². The van der Waals surface area contributed by atoms with Crippen LogP contribution in [0.2, 0.25) is 10.0 Å². The molecule has 0 fully saturated rings. The number of methoxy groups -OCH3 is 2. The standard InChI is InChI=1S/C24H19Cl2NO5/c1-29-19-9-6-13(10-21(19)30-2)22-23(28)15-8-7-14(11-20(15)32-24(22)27)31-12-16-17(25)4-3-5-18(16)26/h3-11H,12,27H2,1-2H3. The number of nitrogen functional groups attached to an aromatic ring is 1. The van der Waals surface area contributed by atoms with E-state index in [9.17, 15) is 4.79 Å². The number of halogens is 2. The van der Waals surface area contributed by atoms with Crippen molar-refractivity contribution in [3.63, 3.8) is 0 Å². The van der Waals surface area contributed by atoms with E-state index < -0.39 is 0 Å². The third-order valence-electron chi connectivity index (χ3n) is 5.01. The highest BCUT2D eigenvalue weighted by Crippen LogP contribution is 2.35. The van der Waals surface area contributed by atoms with E-state index in [4.69, 9.17) is 47.6 Å². The van der Waals surface area contributed by atoms with Gasteiger partial charge in [-0.2, -0.15) is 0 Å². The number of hydrogen-bond donors (Lipinski definition) is 1. The summed E-state index contributed by atoms with van der Waals surface area (Å²) in [5, 5.41) is 1.38. The minimum Gasteiger partial charge on any atom is -0.493 e. The van der Waals surface area contributed by atoms with Crippen molar-refractivity contribution in [2.75, 3.05) is 20.0 Å². The quantitative estimate of drug-likeness (QED) is 0.374. The number of ether oxygens (including phenoxy) is 3. The molecule has 4 rings (SSSR count). The van der Waals surface area contributed by atoms with Gasteiger partial charge in [0.15, 0.2) is 11.5 Å². The van der Waals surface area contributed by atoms with E-state index in [0.29, 0.717) is 49.4 Å². The molecule has 0 aliphatic heterocycles. The van der Waals surface area contributed by atoms with E-state index in [-0.39, 0.29) is 23.5 Å². The van der Waals surface area contributed by atoms with Crippen molar-refractivity contribution in [2.24, 2.45) is 0 Å². The highest BCUT2D eigenvalue weighted by atomic mass is 35.5. The SMILES string of the molecule is COc1ccc(-c2c(N)oc3cc(OCc4c(Cl)cccc4Cl)ccc3c2=O)cc1OC. The summed E-state index contributed by atoms with van der Waals surface area (Å²) in [5.74, 6) is 1.49. The van der Waals surface area contributed by atoms with Crippen LogP contribution in [0.5, 0.6) is 17.2 Å². The Morgan fingerprint density at radius 2 is 1.66 bits per heavy atom. The Morgan fingerprint density at radius 1 is 0.938 bits per heavy atom. The lowest BCUT2D eigenvalue weighted by molar-refractivity contribution is 0.306. The van der Waals surface area contributed by atoms with Gasteiger partial charge in [-0.15, -0.1) is 0 Å². The van der Waals surface area contributed by atoms with E-state index in [2.05, 4.69) is 0 Å². The average Bonchev–Trinajstić information content (AvgIpc) is 2.78. The lowest BCUT2D eigenvalue weighted by atomic mass is 10.0. The predicted octanol–water partition coefficient (Wildman–Crippen LogP) is 5.95. The van der Waals surface area contributed by atoms with Crippen LogP contribution >= 0.6 is 23.2 Å². The van der Waals surface area contributed by atoms with Gasteiger partial charge in [0, 0.05) is 21.7 Å². The second kappa shape index (κ2) is 9.02. The third kappa shape index (κ3) is 4.07. The normalized spacial score (nSPS) is 10.9. The van der Waals surface area contributed by atoms with Crippen LogP contribution in [-0.4, -0.2) is 14.2 Å². The number of rotatable bonds is 6. The zero-order chi connectivity index (χ0) is 22.8. The van der Waals surface area contributed by atoms with E-state index >= 15 is 0 Å². The van der Waals surface area contributed by atoms with Crippen LogP contribution in [0.15, 0.2) is 63.8 Å². The van der Waals surface area contributed by atoms with Crippen LogP contribution in [0, 0.1) is 0 Å². The number of nitrogens with two attached hydrogens (primary N) is 1. The maximum Gasteiger partial charge on any atom is 0.202 e. The molecule has 1 heterocycles. The Balaban J connectivity index is 1.70. The lowest BCUT2D eigenvalue weighted by Crippen LogP contribution is -2.09. The number of benzene rings is 3. The third-order valence-corrected chi connectivity index (χ3v) is 5.72. The van der Waals surface area contributed by atoms with Crippen molar-refractivity contribution in [3.8, 4) is 28.4 Å². The smallest absolute Gasteiger partial charge is 0.202 e. The van der Waals surface area contributed by atoms with Gasteiger partial charge < -0.3 is 24.4 Å². The van der Waals surface area contributed by atoms with Gasteiger partial charge in [0.05, 0.1) is 25.2 Å². The molecule has 0 amide bonds. The topological polar surface area (TPSA) is 83.9 Å². The molecule has 8 heteroatoms. The fourth-order valence-electron chi connectivity index (χ4n) is 3.37. The monoisotopic (exact) mass is 471 g/mol. The maximum atomic E-state index is 13.2. The van der Waals surface area contributed by atoms with Crippen molar-refractivity contribution >= 4 is 40.1 Å². The summed E-state index contributed by atoms with van der Waals surface area (Å²) in [5.41, 5.74) is 7.63. The van der Waals surface area contributed by atoms with E-state index in [1.54, 1.807) is 54.6 Å². The van der Waals surface area contributed by atoms with Gasteiger partial charge in [-0.05, 0) is 42.0 Å². The molecule has 0 spiro atoms. The van der Waals surface area contributed by atoms with Crippen molar-refractivity contribution in [2.45, 2.75) is 6.61 Å². The first-order valence-electron chi connectivity index (χ1n) is 9.57. The fraction of sp³-hybridized carbons (Fsp3) is 0.125. The van der Waals surface area contributed by atoms with Crippen molar-refractivity contribution in [1.29, 1.82) is 0 Å². The lowest BCUT2D eigenvalue weighted by Gasteiger charge is -2.12. The summed E-state index contributed by atoms with van der Waals surface area (Å²) in [6, 6.07) is 15.3. The molecule has 0 saturated heterocycles. The Bertz CT molecular complexity index is 1350. The molecule has 0 saturated carbocycles. The molecule has 164 valence electrons. The van der Waals surface area contributed by atoms with Gasteiger partial charge in [-0.1, -0.05) is 35.3 Å². The highest BCUT2D eigenvalue weighted by Gasteiger charge is 2.17. The first-order chi connectivity index (χ1) is 15.4. The Hall–Kier alpha value is -3.35. The summed E-state index contributed by atoms with van der Waals surface area (Å²) in [7, 11) is 3.06. The second-order valence-electron chi connectivity index (χ2n) is 6.89. The van der Waals surface area contributed by atoms with Gasteiger partial charge in [-0.25, -0.2) is 0 Å². The van der Waals surface area contributed by atoms with Gasteiger partial charge in [0.2, 0.25) is 11.3 Å². The van der Waals surface area contributed by atoms with E-state index in [1.807, 2.05) is 0 Å². The molecule has 32 heavy (non-hydrogen) atoms. The predicted molar refractivity (Wildman–Crippen MR) is 126 cm³/mol. The maximum absolute atomic E-state index is 13.2. The minimum absolute atomic E-state index is 0.0129. The van der Waals surface area contributed by atoms with Crippen molar-refractivity contribution in [1.82, 2.24) is 0 Å². The molecule has 4 aromatic rings. The molecule has 3 aromatic carbocycles. The second-order valence-corrected chi connectivity index (χ2v) is 7.70. The molecule has 0 aliphatic rings. The summed E-state index contributed by atoms with van der Waals surface area (Å²) < 4.78 is 22.2. The molecule has 6 nitrogen and oxygen atoms in total. The summed E-state index contributed by atoms with van der Waals surface area (Å²) in [4.78, 5) is 13.2. The molecule has 2 N–H and O–H groups in total. The van der Waals surface area contributed by atoms with E-state index in [0.717, 1.165) is 0 Å². The molecule has 0 bridgehead atoms. The Kier molecular flexibility index (Phi) is 6.17. The molecular weight excluding hydrogens is 453 g/mol. The van der Waals surface area contributed by atoms with Gasteiger partial charge in [0.1, 0.15) is 17.9 Å². The number of hydrogen-bond acceptors (Lipinski definition) is 6. The van der Waals surface area contributed by atoms with Crippen LogP contribution in [0.4, 0.5) is 5.88 Å². The van der Waals surface area contributed by atoms with Crippen LogP contribution in [0.25, 0.3) is 22.1 Å². The minimum atomic E-state index is -0.267. The molecular formula is C24H19Cl2NO5. The molecule has 0 atom stereocenters. The van der Waals surface area contributed by atoms with Crippen LogP contribution in [-0.2, 0) is 6.61 Å². The zero-order valence-corrected chi connectivity index (χ0v) is 18.8. The summed E-state index contributed by atoms with van der Waals surface area (Å²) in [6.45, 7) is 0.160.